The van der Waals surface area contributed by atoms with Gasteiger partial charge < -0.3 is 29.4 Å². The fourth-order valence-electron chi connectivity index (χ4n) is 3.13. The van der Waals surface area contributed by atoms with Gasteiger partial charge in [0.1, 0.15) is 0 Å². The van der Waals surface area contributed by atoms with E-state index in [4.69, 9.17) is 18.9 Å². The van der Waals surface area contributed by atoms with Gasteiger partial charge in [-0.25, -0.2) is 0 Å². The van der Waals surface area contributed by atoms with Gasteiger partial charge in [0.25, 0.3) is 0 Å². The number of thioether (sulfide) groups is 1. The van der Waals surface area contributed by atoms with Crippen molar-refractivity contribution < 1.29 is 24.1 Å². The number of aliphatic hydroxyl groups excluding tert-OH is 1. The number of benzene rings is 1. The summed E-state index contributed by atoms with van der Waals surface area (Å²) in [7, 11) is 3.12. The van der Waals surface area contributed by atoms with Crippen molar-refractivity contribution in [2.75, 3.05) is 65.6 Å². The van der Waals surface area contributed by atoms with E-state index in [-0.39, 0.29) is 13.6 Å². The fourth-order valence-corrected chi connectivity index (χ4v) is 4.17. The average molecular weight is 429 g/mol. The Hall–Kier alpha value is -1.03. The Balaban J connectivity index is 1.64. The highest BCUT2D eigenvalue weighted by atomic mass is 32.2. The van der Waals surface area contributed by atoms with Crippen LogP contribution in [-0.2, 0) is 9.47 Å². The van der Waals surface area contributed by atoms with Crippen LogP contribution < -0.4 is 14.8 Å². The van der Waals surface area contributed by atoms with Crippen molar-refractivity contribution in [3.63, 3.8) is 0 Å². The van der Waals surface area contributed by atoms with Gasteiger partial charge in [-0.3, -0.25) is 4.90 Å². The third-order valence-electron chi connectivity index (χ3n) is 4.76. The van der Waals surface area contributed by atoms with E-state index in [0.29, 0.717) is 18.0 Å². The molecule has 2 rings (SSSR count). The van der Waals surface area contributed by atoms with Gasteiger partial charge >= 0.3 is 0 Å². The van der Waals surface area contributed by atoms with Crippen LogP contribution in [0, 0.1) is 0 Å². The summed E-state index contributed by atoms with van der Waals surface area (Å²) in [4.78, 5) is 2.54. The molecule has 8 heteroatoms. The number of unbranched alkanes of at least 4 members (excludes halogenated alkanes) is 3. The number of rotatable bonds is 16. The second-order valence-corrected chi connectivity index (χ2v) is 8.17. The van der Waals surface area contributed by atoms with E-state index < -0.39 is 6.10 Å². The molecule has 0 saturated carbocycles. The largest absolute Gasteiger partial charge is 0.464 e. The molecule has 1 atom stereocenters. The molecule has 29 heavy (non-hydrogen) atoms. The van der Waals surface area contributed by atoms with Crippen molar-refractivity contribution in [2.45, 2.75) is 31.8 Å². The van der Waals surface area contributed by atoms with E-state index in [0.717, 1.165) is 18.5 Å². The zero-order valence-electron chi connectivity index (χ0n) is 17.7. The third-order valence-corrected chi connectivity index (χ3v) is 5.78. The summed E-state index contributed by atoms with van der Waals surface area (Å²) in [6, 6.07) is 5.40. The maximum Gasteiger partial charge on any atom is 0.188 e. The molecule has 1 aliphatic rings. The maximum atomic E-state index is 10.5. The first-order valence-corrected chi connectivity index (χ1v) is 11.5. The Morgan fingerprint density at radius 3 is 2.55 bits per heavy atom. The Bertz CT molecular complexity index is 558. The van der Waals surface area contributed by atoms with Gasteiger partial charge in [0.05, 0.1) is 6.10 Å². The summed E-state index contributed by atoms with van der Waals surface area (Å²) in [5.74, 6) is 3.57. The Morgan fingerprint density at radius 1 is 1.07 bits per heavy atom. The molecule has 1 aromatic carbocycles. The molecule has 0 aromatic heterocycles. The second kappa shape index (κ2) is 14.9. The molecule has 1 heterocycles. The van der Waals surface area contributed by atoms with Crippen LogP contribution in [0.5, 0.6) is 11.5 Å². The first-order valence-electron chi connectivity index (χ1n) is 10.3. The smallest absolute Gasteiger partial charge is 0.188 e. The molecule has 166 valence electrons. The molecule has 1 fully saturated rings. The van der Waals surface area contributed by atoms with Crippen molar-refractivity contribution in [1.82, 2.24) is 10.2 Å². The normalized spacial score (nSPS) is 15.6. The number of nitrogens with one attached hydrogen (secondary N) is 1. The lowest BCUT2D eigenvalue weighted by Crippen LogP contribution is -2.23. The summed E-state index contributed by atoms with van der Waals surface area (Å²) in [6.45, 7) is 4.14. The molecule has 2 N–H and O–H groups in total. The van der Waals surface area contributed by atoms with Crippen molar-refractivity contribution in [2.24, 2.45) is 0 Å². The van der Waals surface area contributed by atoms with E-state index in [2.05, 4.69) is 10.2 Å². The molecule has 1 aromatic rings. The van der Waals surface area contributed by atoms with E-state index in [1.54, 1.807) is 26.4 Å². The minimum Gasteiger partial charge on any atom is -0.464 e. The first kappa shape index (κ1) is 24.2. The lowest BCUT2D eigenvalue weighted by molar-refractivity contribution is 0.0320. The molecule has 0 aliphatic carbocycles. The van der Waals surface area contributed by atoms with Crippen LogP contribution in [0.3, 0.4) is 0 Å². The highest BCUT2D eigenvalue weighted by Crippen LogP contribution is 2.30. The number of nitrogens with zero attached hydrogens (tertiary/aromatic N) is 1. The van der Waals surface area contributed by atoms with Crippen molar-refractivity contribution in [1.29, 1.82) is 0 Å². The van der Waals surface area contributed by atoms with E-state index in [1.807, 2.05) is 17.8 Å². The van der Waals surface area contributed by atoms with Crippen molar-refractivity contribution in [3.8, 4) is 11.5 Å². The fraction of sp³-hybridized carbons (Fsp3) is 0.714. The Labute approximate surface area is 179 Å². The first-order chi connectivity index (χ1) is 14.2. The van der Waals surface area contributed by atoms with E-state index in [1.165, 1.54) is 44.0 Å². The van der Waals surface area contributed by atoms with Gasteiger partial charge in [-0.15, -0.1) is 11.8 Å². The molecular weight excluding hydrogens is 392 g/mol. The van der Waals surface area contributed by atoms with Gasteiger partial charge in [0.15, 0.2) is 25.1 Å². The average Bonchev–Trinajstić information content (AvgIpc) is 3.26. The van der Waals surface area contributed by atoms with Crippen LogP contribution in [0.15, 0.2) is 18.2 Å². The molecule has 1 aliphatic heterocycles. The highest BCUT2D eigenvalue weighted by Gasteiger charge is 2.13. The molecular formula is C21H36N2O5S. The van der Waals surface area contributed by atoms with Gasteiger partial charge in [-0.1, -0.05) is 18.9 Å². The Kier molecular flexibility index (Phi) is 12.4. The van der Waals surface area contributed by atoms with E-state index in [9.17, 15) is 5.11 Å². The Morgan fingerprint density at radius 2 is 1.83 bits per heavy atom. The quantitative estimate of drug-likeness (QED) is 0.308. The van der Waals surface area contributed by atoms with Gasteiger partial charge in [0, 0.05) is 38.9 Å². The highest BCUT2D eigenvalue weighted by molar-refractivity contribution is 7.99. The lowest BCUT2D eigenvalue weighted by Gasteiger charge is -2.16. The second-order valence-electron chi connectivity index (χ2n) is 7.10. The van der Waals surface area contributed by atoms with Crippen molar-refractivity contribution >= 4 is 11.8 Å². The molecule has 7 nitrogen and oxygen atoms in total. The number of hydrogen-bond acceptors (Lipinski definition) is 8. The molecule has 1 unspecified atom stereocenters. The van der Waals surface area contributed by atoms with Crippen LogP contribution in [0.2, 0.25) is 0 Å². The molecule has 1 saturated heterocycles. The predicted molar refractivity (Wildman–Crippen MR) is 117 cm³/mol. The van der Waals surface area contributed by atoms with Crippen LogP contribution in [-0.4, -0.2) is 75.6 Å². The van der Waals surface area contributed by atoms with E-state index >= 15 is 0 Å². The summed E-state index contributed by atoms with van der Waals surface area (Å²) < 4.78 is 20.9. The van der Waals surface area contributed by atoms with Gasteiger partial charge in [0.2, 0.25) is 0 Å². The minimum atomic E-state index is -0.607. The lowest BCUT2D eigenvalue weighted by atomic mass is 10.1. The summed E-state index contributed by atoms with van der Waals surface area (Å²) >= 11 is 2.03. The van der Waals surface area contributed by atoms with Gasteiger partial charge in [-0.2, -0.15) is 0 Å². The minimum absolute atomic E-state index is 0.109. The molecule has 0 bridgehead atoms. The SMILES string of the molecule is COCOc1ccc(C(O)CNCCCCCCN2CCSC2)cc1OCOC. The zero-order valence-corrected chi connectivity index (χ0v) is 18.5. The molecule has 0 spiro atoms. The monoisotopic (exact) mass is 428 g/mol. The number of hydrogen-bond donors (Lipinski definition) is 2. The van der Waals surface area contributed by atoms with Gasteiger partial charge in [-0.05, 0) is 43.6 Å². The maximum absolute atomic E-state index is 10.5. The number of methoxy groups -OCH3 is 2. The molecule has 0 radical (unpaired) electrons. The van der Waals surface area contributed by atoms with Crippen LogP contribution in [0.25, 0.3) is 0 Å². The van der Waals surface area contributed by atoms with Crippen LogP contribution in [0.4, 0.5) is 0 Å². The third kappa shape index (κ3) is 9.55. The summed E-state index contributed by atoms with van der Waals surface area (Å²) in [5, 5.41) is 13.8. The van der Waals surface area contributed by atoms with Crippen molar-refractivity contribution in [3.05, 3.63) is 23.8 Å². The number of ether oxygens (including phenoxy) is 4. The standard InChI is InChI=1S/C21H36N2O5S/c1-25-16-27-20-8-7-18(13-21(20)28-17-26-2)19(24)14-22-9-5-3-4-6-10-23-11-12-29-15-23/h7-8,13,19,22,24H,3-6,9-12,14-17H2,1-2H3. The zero-order chi connectivity index (χ0) is 20.7. The summed E-state index contributed by atoms with van der Waals surface area (Å²) in [5.41, 5.74) is 0.775. The summed E-state index contributed by atoms with van der Waals surface area (Å²) in [6.07, 6.45) is 4.31. The predicted octanol–water partition coefficient (Wildman–Crippen LogP) is 2.84. The molecule has 0 amide bonds. The number of aliphatic hydroxyl groups is 1. The topological polar surface area (TPSA) is 72.4 Å². The van der Waals surface area contributed by atoms with Crippen LogP contribution in [0.1, 0.15) is 37.4 Å². The van der Waals surface area contributed by atoms with Crippen LogP contribution >= 0.6 is 11.8 Å².